The molecule has 7 aromatic rings. The summed E-state index contributed by atoms with van der Waals surface area (Å²) in [6, 6.07) is 36.2. The highest BCUT2D eigenvalue weighted by atomic mass is 15.0. The molecule has 7 rings (SSSR count). The van der Waals surface area contributed by atoms with E-state index in [2.05, 4.69) is 54.2 Å². The average Bonchev–Trinajstić information content (AvgIpc) is 3.22. The molecule has 0 aliphatic heterocycles. The zero-order valence-electron chi connectivity index (χ0n) is 37.3. The monoisotopic (exact) mass is 689 g/mol. The summed E-state index contributed by atoms with van der Waals surface area (Å²) in [5.74, 6) is 3.39. The van der Waals surface area contributed by atoms with E-state index in [-0.39, 0.29) is 17.4 Å². The summed E-state index contributed by atoms with van der Waals surface area (Å²) in [6.07, 6.45) is -1.49. The quantitative estimate of drug-likeness (QED) is 0.158. The van der Waals surface area contributed by atoms with Crippen LogP contribution in [-0.4, -0.2) is 29.9 Å². The zero-order valence-corrected chi connectivity index (χ0v) is 30.3. The zero-order chi connectivity index (χ0) is 42.6. The molecule has 0 amide bonds. The third-order valence-corrected chi connectivity index (χ3v) is 8.27. The van der Waals surface area contributed by atoms with Gasteiger partial charge in [-0.3, -0.25) is 0 Å². The van der Waals surface area contributed by atoms with Crippen LogP contribution in [0.1, 0.15) is 84.4 Å². The van der Waals surface area contributed by atoms with Crippen molar-refractivity contribution >= 4 is 0 Å². The van der Waals surface area contributed by atoms with Gasteiger partial charge in [-0.05, 0) is 49.0 Å². The molecule has 0 atom stereocenters. The first-order valence-electron chi connectivity index (χ1n) is 20.8. The van der Waals surface area contributed by atoms with Crippen molar-refractivity contribution in [3.05, 3.63) is 156 Å². The number of hydrogen-bond donors (Lipinski definition) is 0. The van der Waals surface area contributed by atoms with Crippen molar-refractivity contribution in [1.29, 1.82) is 0 Å². The van der Waals surface area contributed by atoms with Crippen molar-refractivity contribution in [2.45, 2.75) is 66.6 Å². The normalized spacial score (nSPS) is 13.5. The highest BCUT2D eigenvalue weighted by molar-refractivity contribution is 5.69. The van der Waals surface area contributed by atoms with Gasteiger partial charge in [0.2, 0.25) is 0 Å². The van der Waals surface area contributed by atoms with Gasteiger partial charge in [0.15, 0.2) is 23.3 Å². The Labute approximate surface area is 318 Å². The summed E-state index contributed by atoms with van der Waals surface area (Å²) in [5.41, 5.74) is 6.57. The van der Waals surface area contributed by atoms with E-state index in [4.69, 9.17) is 9.60 Å². The number of nitrogens with zero attached hydrogens (tertiary/aromatic N) is 6. The maximum atomic E-state index is 8.12. The van der Waals surface area contributed by atoms with Crippen LogP contribution < -0.4 is 0 Å². The van der Waals surface area contributed by atoms with Crippen LogP contribution in [0, 0.1) is 13.8 Å². The van der Waals surface area contributed by atoms with Gasteiger partial charge in [0.05, 0.1) is 2.74 Å². The average molecular weight is 690 g/mol. The highest BCUT2D eigenvalue weighted by Crippen LogP contribution is 2.27. The number of aromatic nitrogens is 6. The van der Waals surface area contributed by atoms with Crippen molar-refractivity contribution in [2.75, 3.05) is 0 Å². The van der Waals surface area contributed by atoms with Crippen LogP contribution in [0.3, 0.4) is 0 Å². The molecular formula is C46H46N6. The van der Waals surface area contributed by atoms with Crippen molar-refractivity contribution in [2.24, 2.45) is 0 Å². The van der Waals surface area contributed by atoms with Crippen LogP contribution in [0.5, 0.6) is 0 Å². The third kappa shape index (κ3) is 8.88. The summed E-state index contributed by atoms with van der Waals surface area (Å²) in [6.45, 7) is 9.11. The van der Waals surface area contributed by atoms with E-state index in [1.165, 1.54) is 6.92 Å². The fourth-order valence-electron chi connectivity index (χ4n) is 5.32. The van der Waals surface area contributed by atoms with Gasteiger partial charge in [0, 0.05) is 40.9 Å². The first-order chi connectivity index (χ1) is 27.9. The van der Waals surface area contributed by atoms with Gasteiger partial charge in [-0.2, -0.15) is 0 Å². The predicted molar refractivity (Wildman–Crippen MR) is 214 cm³/mol. The smallest absolute Gasteiger partial charge is 0.163 e. The fourth-order valence-corrected chi connectivity index (χ4v) is 5.32. The molecule has 0 aliphatic rings. The Kier molecular flexibility index (Phi) is 8.78. The number of benzene rings is 5. The van der Waals surface area contributed by atoms with E-state index < -0.39 is 13.2 Å². The Hall–Kier alpha value is -5.88. The van der Waals surface area contributed by atoms with Gasteiger partial charge in [-0.25, -0.2) is 29.9 Å². The maximum absolute atomic E-state index is 8.12. The molecule has 260 valence electrons. The number of rotatable bonds is 8. The van der Waals surface area contributed by atoms with Crippen LogP contribution in [0.25, 0.3) is 56.7 Å². The molecule has 0 unspecified atom stereocenters. The molecule has 0 saturated carbocycles. The molecular weight excluding hydrogens is 637 g/mol. The Morgan fingerprint density at radius 3 is 1.50 bits per heavy atom. The lowest BCUT2D eigenvalue weighted by Crippen LogP contribution is -2.04. The van der Waals surface area contributed by atoms with E-state index in [0.29, 0.717) is 74.8 Å². The van der Waals surface area contributed by atoms with Crippen LogP contribution in [0.15, 0.2) is 127 Å². The molecule has 0 aliphatic carbocycles. The lowest BCUT2D eigenvalue weighted by Gasteiger charge is -2.10. The highest BCUT2D eigenvalue weighted by Gasteiger charge is 2.14. The van der Waals surface area contributed by atoms with Gasteiger partial charge in [-0.1, -0.05) is 161 Å². The molecule has 2 aromatic heterocycles. The maximum Gasteiger partial charge on any atom is 0.163 e. The molecule has 2 heterocycles. The largest absolute Gasteiger partial charge is 0.213 e. The Bertz CT molecular complexity index is 2470. The number of hydrogen-bond acceptors (Lipinski definition) is 6. The first kappa shape index (κ1) is 27.8. The van der Waals surface area contributed by atoms with E-state index >= 15 is 0 Å². The summed E-state index contributed by atoms with van der Waals surface area (Å²) in [5, 5.41) is 0. The minimum Gasteiger partial charge on any atom is -0.213 e. The van der Waals surface area contributed by atoms with Crippen LogP contribution in [0.2, 0.25) is 0 Å². The Morgan fingerprint density at radius 1 is 0.500 bits per heavy atom. The fraction of sp³-hybridized carbons (Fsp3) is 0.217. The minimum atomic E-state index is -2.21. The Balaban J connectivity index is 0.000000199. The Morgan fingerprint density at radius 2 is 0.962 bits per heavy atom. The van der Waals surface area contributed by atoms with Crippen molar-refractivity contribution in [3.63, 3.8) is 0 Å². The van der Waals surface area contributed by atoms with Crippen LogP contribution >= 0.6 is 0 Å². The van der Waals surface area contributed by atoms with Crippen molar-refractivity contribution in [1.82, 2.24) is 29.9 Å². The molecule has 5 aromatic carbocycles. The minimum absolute atomic E-state index is 0.0436. The summed E-state index contributed by atoms with van der Waals surface area (Å²) < 4.78 is 55.1. The van der Waals surface area contributed by atoms with E-state index in [9.17, 15) is 0 Å². The lowest BCUT2D eigenvalue weighted by atomic mass is 10.0. The van der Waals surface area contributed by atoms with Gasteiger partial charge < -0.3 is 0 Å². The molecule has 0 saturated heterocycles. The molecule has 0 bridgehead atoms. The van der Waals surface area contributed by atoms with Crippen LogP contribution in [0.4, 0.5) is 0 Å². The topological polar surface area (TPSA) is 77.3 Å². The van der Waals surface area contributed by atoms with Crippen LogP contribution in [-0.2, 0) is 6.37 Å². The molecule has 0 radical (unpaired) electrons. The van der Waals surface area contributed by atoms with Gasteiger partial charge >= 0.3 is 0 Å². The van der Waals surface area contributed by atoms with E-state index in [1.807, 2.05) is 64.1 Å². The molecule has 0 N–H and O–H groups in total. The summed E-state index contributed by atoms with van der Waals surface area (Å²) >= 11 is 0. The second-order valence-corrected chi connectivity index (χ2v) is 13.0. The summed E-state index contributed by atoms with van der Waals surface area (Å²) in [7, 11) is 0. The standard InChI is InChI=1S/C25H23N3.C21H23N3/c1-17(2)23-26-24(21-11-9-18(3)10-12-21)28-25(27-23)22-15-13-20(14-16-22)19-7-5-4-6-8-19;1-5-16-9-7-11-18(13-16)21-23-19(14(2)3)22-20(24-21)17-10-6-8-15(4)12-17/h4-17H,1-3H3;6-14H,5H2,1-4H3/i9D,10D;4D3,5D2. The predicted octanol–water partition coefficient (Wildman–Crippen LogP) is 11.5. The van der Waals surface area contributed by atoms with Gasteiger partial charge in [0.1, 0.15) is 11.6 Å². The molecule has 52 heavy (non-hydrogen) atoms. The molecule has 0 spiro atoms. The van der Waals surface area contributed by atoms with Crippen molar-refractivity contribution in [3.8, 4) is 56.7 Å². The SMILES string of the molecule is [2H]C([2H])([2H])c1cccc(-c2nc(-c3cccc(C([2H])([2H])C)c3)nc(C(C)C)n2)c1.[2H]c1cc(-c2nc(-c3ccc(-c4ccccc4)cc3)nc(C(C)C)n2)cc([2H])c1C. The second kappa shape index (κ2) is 16.4. The molecule has 0 fully saturated rings. The molecule has 6 nitrogen and oxygen atoms in total. The van der Waals surface area contributed by atoms with E-state index in [1.54, 1.807) is 61.5 Å². The van der Waals surface area contributed by atoms with E-state index in [0.717, 1.165) is 16.7 Å². The first-order valence-corrected chi connectivity index (χ1v) is 17.3. The van der Waals surface area contributed by atoms with Gasteiger partial charge in [0.25, 0.3) is 0 Å². The second-order valence-electron chi connectivity index (χ2n) is 13.0. The molecule has 6 heteroatoms. The lowest BCUT2D eigenvalue weighted by molar-refractivity contribution is 0.766. The summed E-state index contributed by atoms with van der Waals surface area (Å²) in [4.78, 5) is 27.7. The van der Waals surface area contributed by atoms with Gasteiger partial charge in [-0.15, -0.1) is 0 Å². The number of aryl methyl sites for hydroxylation is 2. The van der Waals surface area contributed by atoms with Crippen molar-refractivity contribution < 1.29 is 9.60 Å². The third-order valence-electron chi connectivity index (χ3n) is 8.27.